The Balaban J connectivity index is 1.88. The summed E-state index contributed by atoms with van der Waals surface area (Å²) in [5, 5.41) is 2.72. The molecule has 1 atom stereocenters. The number of rotatable bonds is 6. The molecule has 0 aliphatic carbocycles. The lowest BCUT2D eigenvalue weighted by Crippen LogP contribution is -2.24. The maximum Gasteiger partial charge on any atom is 0.416 e. The highest BCUT2D eigenvalue weighted by molar-refractivity contribution is 7.81. The van der Waals surface area contributed by atoms with Crippen molar-refractivity contribution in [3.63, 3.8) is 0 Å². The maximum absolute atomic E-state index is 12.8. The smallest absolute Gasteiger partial charge is 0.416 e. The first-order valence-corrected chi connectivity index (χ1v) is 10.0. The summed E-state index contributed by atoms with van der Waals surface area (Å²) < 4.78 is 63.1. The van der Waals surface area contributed by atoms with Gasteiger partial charge in [-0.15, -0.1) is 0 Å². The minimum absolute atomic E-state index is 0.0114. The number of carbonyl (C=O) groups is 1. The van der Waals surface area contributed by atoms with Crippen molar-refractivity contribution in [3.8, 4) is 0 Å². The predicted octanol–water partition coefficient (Wildman–Crippen LogP) is 4.27. The SMILES string of the molecule is Cc1ccc(C(=O)NCc2cccnc2)cc1N(c1ccc(C(F)(F)F)cc1)S(=O)[O-]. The topological polar surface area (TPSA) is 85.4 Å². The quantitative estimate of drug-likeness (QED) is 0.571. The summed E-state index contributed by atoms with van der Waals surface area (Å²) in [5.74, 6) is -0.436. The van der Waals surface area contributed by atoms with E-state index in [0.717, 1.165) is 34.1 Å². The molecule has 3 rings (SSSR count). The third-order valence-electron chi connectivity index (χ3n) is 4.44. The molecule has 0 fully saturated rings. The Morgan fingerprint density at radius 2 is 1.87 bits per heavy atom. The fourth-order valence-electron chi connectivity index (χ4n) is 2.85. The number of anilines is 2. The molecule has 0 aliphatic rings. The van der Waals surface area contributed by atoms with E-state index < -0.39 is 28.9 Å². The van der Waals surface area contributed by atoms with Gasteiger partial charge in [0, 0.05) is 24.5 Å². The van der Waals surface area contributed by atoms with Crippen LogP contribution in [-0.4, -0.2) is 19.7 Å². The van der Waals surface area contributed by atoms with Crippen LogP contribution >= 0.6 is 0 Å². The van der Waals surface area contributed by atoms with E-state index in [0.29, 0.717) is 5.56 Å². The van der Waals surface area contributed by atoms with Crippen molar-refractivity contribution < 1.29 is 26.7 Å². The van der Waals surface area contributed by atoms with Crippen LogP contribution < -0.4 is 9.62 Å². The predicted molar refractivity (Wildman–Crippen MR) is 109 cm³/mol. The van der Waals surface area contributed by atoms with Gasteiger partial charge >= 0.3 is 6.18 Å². The molecule has 1 unspecified atom stereocenters. The molecular formula is C21H17F3N3O3S-. The van der Waals surface area contributed by atoms with Crippen LogP contribution in [0, 0.1) is 6.92 Å². The Hall–Kier alpha value is -3.24. The van der Waals surface area contributed by atoms with Crippen molar-refractivity contribution in [1.29, 1.82) is 0 Å². The van der Waals surface area contributed by atoms with Gasteiger partial charge in [-0.2, -0.15) is 13.2 Å². The molecule has 1 amide bonds. The van der Waals surface area contributed by atoms with Gasteiger partial charge in [-0.05, 0) is 60.5 Å². The van der Waals surface area contributed by atoms with Crippen molar-refractivity contribution in [1.82, 2.24) is 10.3 Å². The Morgan fingerprint density at radius 1 is 1.16 bits per heavy atom. The maximum atomic E-state index is 12.8. The van der Waals surface area contributed by atoms with Crippen LogP contribution in [0.3, 0.4) is 0 Å². The second-order valence-corrected chi connectivity index (χ2v) is 7.40. The number of aryl methyl sites for hydroxylation is 1. The fraction of sp³-hybridized carbons (Fsp3) is 0.143. The lowest BCUT2D eigenvalue weighted by atomic mass is 10.1. The Morgan fingerprint density at radius 3 is 2.45 bits per heavy atom. The summed E-state index contributed by atoms with van der Waals surface area (Å²) in [7, 11) is 0. The minimum Gasteiger partial charge on any atom is -0.755 e. The van der Waals surface area contributed by atoms with Gasteiger partial charge < -0.3 is 9.87 Å². The van der Waals surface area contributed by atoms with E-state index in [4.69, 9.17) is 0 Å². The molecule has 2 aromatic carbocycles. The van der Waals surface area contributed by atoms with Crippen molar-refractivity contribution in [2.45, 2.75) is 19.6 Å². The second-order valence-electron chi connectivity index (χ2n) is 6.60. The Bertz CT molecular complexity index is 1090. The molecule has 6 nitrogen and oxygen atoms in total. The van der Waals surface area contributed by atoms with E-state index >= 15 is 0 Å². The van der Waals surface area contributed by atoms with Gasteiger partial charge in [-0.3, -0.25) is 18.3 Å². The van der Waals surface area contributed by atoms with Crippen LogP contribution in [0.4, 0.5) is 24.5 Å². The van der Waals surface area contributed by atoms with Crippen LogP contribution in [-0.2, 0) is 24.0 Å². The molecule has 0 saturated heterocycles. The van der Waals surface area contributed by atoms with Gasteiger partial charge in [0.1, 0.15) is 0 Å². The largest absolute Gasteiger partial charge is 0.755 e. The molecule has 1 heterocycles. The van der Waals surface area contributed by atoms with E-state index in [9.17, 15) is 26.7 Å². The molecule has 0 aliphatic heterocycles. The lowest BCUT2D eigenvalue weighted by Gasteiger charge is -2.28. The van der Waals surface area contributed by atoms with E-state index in [2.05, 4.69) is 10.3 Å². The van der Waals surface area contributed by atoms with Gasteiger partial charge in [0.05, 0.1) is 28.2 Å². The Labute approximate surface area is 179 Å². The van der Waals surface area contributed by atoms with Gasteiger partial charge in [0.25, 0.3) is 5.91 Å². The number of pyridine rings is 1. The molecule has 31 heavy (non-hydrogen) atoms. The average Bonchev–Trinajstić information content (AvgIpc) is 2.74. The number of alkyl halides is 3. The number of halogens is 3. The van der Waals surface area contributed by atoms with E-state index in [1.807, 2.05) is 0 Å². The first-order valence-electron chi connectivity index (χ1n) is 9.01. The molecule has 3 aromatic rings. The molecule has 1 N–H and O–H groups in total. The average molecular weight is 448 g/mol. The number of benzene rings is 2. The number of nitrogens with one attached hydrogen (secondary N) is 1. The van der Waals surface area contributed by atoms with Crippen molar-refractivity contribution in [2.24, 2.45) is 0 Å². The van der Waals surface area contributed by atoms with Crippen molar-refractivity contribution >= 4 is 28.5 Å². The van der Waals surface area contributed by atoms with Crippen LogP contribution in [0.5, 0.6) is 0 Å². The van der Waals surface area contributed by atoms with Crippen LogP contribution in [0.25, 0.3) is 0 Å². The van der Waals surface area contributed by atoms with Crippen LogP contribution in [0.1, 0.15) is 27.0 Å². The first-order chi connectivity index (χ1) is 14.7. The van der Waals surface area contributed by atoms with Gasteiger partial charge in [0.2, 0.25) is 0 Å². The zero-order chi connectivity index (χ0) is 22.6. The number of carbonyl (C=O) groups excluding carboxylic acids is 1. The molecule has 10 heteroatoms. The summed E-state index contributed by atoms with van der Waals surface area (Å²) in [5.41, 5.74) is 0.780. The molecule has 1 aromatic heterocycles. The van der Waals surface area contributed by atoms with Gasteiger partial charge in [0.15, 0.2) is 0 Å². The highest BCUT2D eigenvalue weighted by Gasteiger charge is 2.30. The molecule has 0 radical (unpaired) electrons. The Kier molecular flexibility index (Phi) is 6.71. The van der Waals surface area contributed by atoms with E-state index in [-0.39, 0.29) is 23.5 Å². The molecule has 0 spiro atoms. The van der Waals surface area contributed by atoms with Crippen LogP contribution in [0.2, 0.25) is 0 Å². The van der Waals surface area contributed by atoms with E-state index in [1.54, 1.807) is 37.5 Å². The second kappa shape index (κ2) is 9.27. The highest BCUT2D eigenvalue weighted by atomic mass is 32.2. The van der Waals surface area contributed by atoms with Crippen molar-refractivity contribution in [3.05, 3.63) is 89.2 Å². The molecule has 162 valence electrons. The summed E-state index contributed by atoms with van der Waals surface area (Å²) >= 11 is -2.84. The first kappa shape index (κ1) is 22.4. The monoisotopic (exact) mass is 448 g/mol. The normalized spacial score (nSPS) is 12.3. The summed E-state index contributed by atoms with van der Waals surface area (Å²) in [6, 6.07) is 11.7. The number of hydrogen-bond acceptors (Lipinski definition) is 4. The zero-order valence-electron chi connectivity index (χ0n) is 16.2. The third kappa shape index (κ3) is 5.47. The standard InChI is InChI=1S/C21H18F3N3O3S/c1-14-4-5-16(20(28)26-13-15-3-2-10-25-12-15)11-19(14)27(31(29)30)18-8-6-17(7-9-18)21(22,23)24/h2-12H,13H2,1H3,(H,26,28)(H,29,30)/p-1. The van der Waals surface area contributed by atoms with E-state index in [1.165, 1.54) is 12.1 Å². The lowest BCUT2D eigenvalue weighted by molar-refractivity contribution is -0.137. The number of aromatic nitrogens is 1. The number of nitrogens with zero attached hydrogens (tertiary/aromatic N) is 2. The minimum atomic E-state index is -4.54. The summed E-state index contributed by atoms with van der Waals surface area (Å²) in [6.45, 7) is 1.86. The third-order valence-corrected chi connectivity index (χ3v) is 5.15. The van der Waals surface area contributed by atoms with Crippen LogP contribution in [0.15, 0.2) is 67.0 Å². The molecular weight excluding hydrogens is 431 g/mol. The van der Waals surface area contributed by atoms with Crippen molar-refractivity contribution in [2.75, 3.05) is 4.31 Å². The number of hydrogen-bond donors (Lipinski definition) is 1. The highest BCUT2D eigenvalue weighted by Crippen LogP contribution is 2.34. The molecule has 0 saturated carbocycles. The molecule has 0 bridgehead atoms. The summed E-state index contributed by atoms with van der Waals surface area (Å²) in [6.07, 6.45) is -1.33. The zero-order valence-corrected chi connectivity index (χ0v) is 17.0. The van der Waals surface area contributed by atoms with Gasteiger partial charge in [-0.25, -0.2) is 0 Å². The fourth-order valence-corrected chi connectivity index (χ4v) is 3.50. The summed E-state index contributed by atoms with van der Waals surface area (Å²) in [4.78, 5) is 16.5. The van der Waals surface area contributed by atoms with Gasteiger partial charge in [-0.1, -0.05) is 12.1 Å². The number of amides is 1.